The van der Waals surface area contributed by atoms with Crippen molar-refractivity contribution in [1.82, 2.24) is 5.48 Å². The van der Waals surface area contributed by atoms with Gasteiger partial charge in [0.2, 0.25) is 0 Å². The molecule has 0 aromatic carbocycles. The Labute approximate surface area is 88.1 Å². The highest BCUT2D eigenvalue weighted by Gasteiger charge is 2.30. The summed E-state index contributed by atoms with van der Waals surface area (Å²) in [4.78, 5) is 4.47. The number of hydrogen-bond acceptors (Lipinski definition) is 2. The topological polar surface area (TPSA) is 21.3 Å². The fraction of sp³-hybridized carbons (Fsp3) is 1.00. The van der Waals surface area contributed by atoms with Crippen LogP contribution in [0.15, 0.2) is 0 Å². The third-order valence-corrected chi connectivity index (χ3v) is 2.90. The Balaban J connectivity index is 2.21. The predicted molar refractivity (Wildman–Crippen MR) is 51.1 cm³/mol. The normalized spacial score (nSPS) is 33.0. The maximum absolute atomic E-state index is 11.8. The quantitative estimate of drug-likeness (QED) is 0.746. The first kappa shape index (κ1) is 12.8. The minimum Gasteiger partial charge on any atom is -0.292 e. The van der Waals surface area contributed by atoms with Crippen LogP contribution >= 0.6 is 0 Å². The molecule has 1 aliphatic carbocycles. The van der Waals surface area contributed by atoms with Crippen molar-refractivity contribution in [3.05, 3.63) is 0 Å². The molecule has 0 saturated heterocycles. The van der Waals surface area contributed by atoms with E-state index in [0.717, 1.165) is 19.3 Å². The van der Waals surface area contributed by atoms with Crippen molar-refractivity contribution in [2.75, 3.05) is 6.61 Å². The average molecular weight is 225 g/mol. The summed E-state index contributed by atoms with van der Waals surface area (Å²) in [6.07, 6.45) is -1.26. The summed E-state index contributed by atoms with van der Waals surface area (Å²) in [7, 11) is 0. The van der Waals surface area contributed by atoms with E-state index >= 15 is 0 Å². The molecule has 0 bridgehead atoms. The monoisotopic (exact) mass is 225 g/mol. The van der Waals surface area contributed by atoms with E-state index in [2.05, 4.69) is 17.2 Å². The molecule has 1 N–H and O–H groups in total. The van der Waals surface area contributed by atoms with E-state index in [1.807, 2.05) is 6.92 Å². The van der Waals surface area contributed by atoms with Gasteiger partial charge >= 0.3 is 6.18 Å². The lowest BCUT2D eigenvalue weighted by molar-refractivity contribution is -0.195. The zero-order valence-corrected chi connectivity index (χ0v) is 9.10. The molecular weight excluding hydrogens is 207 g/mol. The van der Waals surface area contributed by atoms with Crippen LogP contribution in [0.4, 0.5) is 13.2 Å². The molecular formula is C10H18F3NO. The van der Waals surface area contributed by atoms with Gasteiger partial charge in [-0.3, -0.25) is 4.84 Å². The first-order valence-electron chi connectivity index (χ1n) is 5.32. The standard InChI is InChI=1S/C10H18F3NO/c1-7-3-4-9(8(2)5-7)14-15-6-10(11,12)13/h7-9,14H,3-6H2,1-2H3. The second kappa shape index (κ2) is 5.16. The van der Waals surface area contributed by atoms with Crippen LogP contribution in [0.2, 0.25) is 0 Å². The van der Waals surface area contributed by atoms with Gasteiger partial charge in [0.05, 0.1) is 0 Å². The SMILES string of the molecule is CC1CCC(NOCC(F)(F)F)C(C)C1. The molecule has 1 aliphatic rings. The van der Waals surface area contributed by atoms with Crippen molar-refractivity contribution in [1.29, 1.82) is 0 Å². The zero-order chi connectivity index (χ0) is 11.5. The Morgan fingerprint density at radius 2 is 1.93 bits per heavy atom. The van der Waals surface area contributed by atoms with Crippen LogP contribution in [0, 0.1) is 11.8 Å². The molecule has 0 amide bonds. The second-order valence-electron chi connectivity index (χ2n) is 4.52. The van der Waals surface area contributed by atoms with Crippen molar-refractivity contribution in [2.24, 2.45) is 11.8 Å². The van der Waals surface area contributed by atoms with E-state index in [0.29, 0.717) is 11.8 Å². The van der Waals surface area contributed by atoms with Gasteiger partial charge in [-0.15, -0.1) is 0 Å². The maximum atomic E-state index is 11.8. The molecule has 3 unspecified atom stereocenters. The molecule has 1 saturated carbocycles. The summed E-state index contributed by atoms with van der Waals surface area (Å²) in [6, 6.07) is 0.0588. The maximum Gasteiger partial charge on any atom is 0.413 e. The third kappa shape index (κ3) is 4.84. The van der Waals surface area contributed by atoms with E-state index < -0.39 is 12.8 Å². The van der Waals surface area contributed by atoms with E-state index in [9.17, 15) is 13.2 Å². The molecule has 0 radical (unpaired) electrons. The smallest absolute Gasteiger partial charge is 0.292 e. The number of hydroxylamine groups is 1. The molecule has 2 nitrogen and oxygen atoms in total. The van der Waals surface area contributed by atoms with Crippen molar-refractivity contribution in [2.45, 2.75) is 45.3 Å². The van der Waals surface area contributed by atoms with Gasteiger partial charge in [-0.05, 0) is 31.1 Å². The Hall–Kier alpha value is -0.290. The molecule has 0 aliphatic heterocycles. The minimum atomic E-state index is -4.25. The lowest BCUT2D eigenvalue weighted by atomic mass is 9.80. The minimum absolute atomic E-state index is 0.0588. The van der Waals surface area contributed by atoms with Crippen LogP contribution < -0.4 is 5.48 Å². The Bertz CT molecular complexity index is 196. The van der Waals surface area contributed by atoms with Crippen molar-refractivity contribution >= 4 is 0 Å². The van der Waals surface area contributed by atoms with Gasteiger partial charge in [-0.2, -0.15) is 18.7 Å². The number of rotatable bonds is 3. The van der Waals surface area contributed by atoms with Crippen LogP contribution in [0.5, 0.6) is 0 Å². The van der Waals surface area contributed by atoms with E-state index in [1.54, 1.807) is 0 Å². The summed E-state index contributed by atoms with van der Waals surface area (Å²) >= 11 is 0. The lowest BCUT2D eigenvalue weighted by Crippen LogP contribution is -2.40. The van der Waals surface area contributed by atoms with E-state index in [1.165, 1.54) is 0 Å². The second-order valence-corrected chi connectivity index (χ2v) is 4.52. The van der Waals surface area contributed by atoms with Gasteiger partial charge in [0, 0.05) is 6.04 Å². The van der Waals surface area contributed by atoms with Crippen molar-refractivity contribution in [3.63, 3.8) is 0 Å². The van der Waals surface area contributed by atoms with Gasteiger partial charge in [0.25, 0.3) is 0 Å². The molecule has 3 atom stereocenters. The highest BCUT2D eigenvalue weighted by atomic mass is 19.4. The van der Waals surface area contributed by atoms with Gasteiger partial charge in [0.1, 0.15) is 0 Å². The third-order valence-electron chi connectivity index (χ3n) is 2.90. The summed E-state index contributed by atoms with van der Waals surface area (Å²) in [5, 5.41) is 0. The van der Waals surface area contributed by atoms with Gasteiger partial charge in [-0.1, -0.05) is 13.8 Å². The summed E-state index contributed by atoms with van der Waals surface area (Å²) in [5.41, 5.74) is 2.53. The Kier molecular flexibility index (Phi) is 4.40. The summed E-state index contributed by atoms with van der Waals surface area (Å²) < 4.78 is 35.4. The zero-order valence-electron chi connectivity index (χ0n) is 9.10. The van der Waals surface area contributed by atoms with Gasteiger partial charge < -0.3 is 0 Å². The highest BCUT2D eigenvalue weighted by molar-refractivity contribution is 4.78. The first-order chi connectivity index (χ1) is 6.88. The first-order valence-corrected chi connectivity index (χ1v) is 5.32. The molecule has 0 aromatic rings. The van der Waals surface area contributed by atoms with E-state index in [-0.39, 0.29) is 6.04 Å². The van der Waals surface area contributed by atoms with Crippen LogP contribution in [0.1, 0.15) is 33.1 Å². The molecule has 0 heterocycles. The molecule has 1 fully saturated rings. The van der Waals surface area contributed by atoms with Crippen LogP contribution in [-0.4, -0.2) is 18.8 Å². The van der Waals surface area contributed by atoms with E-state index in [4.69, 9.17) is 0 Å². The molecule has 0 aromatic heterocycles. The van der Waals surface area contributed by atoms with Gasteiger partial charge in [-0.25, -0.2) is 0 Å². The number of nitrogens with one attached hydrogen (secondary N) is 1. The fourth-order valence-electron chi connectivity index (χ4n) is 2.07. The Morgan fingerprint density at radius 1 is 1.27 bits per heavy atom. The largest absolute Gasteiger partial charge is 0.413 e. The van der Waals surface area contributed by atoms with Gasteiger partial charge in [0.15, 0.2) is 6.61 Å². The summed E-state index contributed by atoms with van der Waals surface area (Å²) in [6.45, 7) is 3.00. The molecule has 0 spiro atoms. The van der Waals surface area contributed by atoms with Crippen LogP contribution in [0.25, 0.3) is 0 Å². The number of halogens is 3. The Morgan fingerprint density at radius 3 is 2.47 bits per heavy atom. The van der Waals surface area contributed by atoms with Crippen LogP contribution in [0.3, 0.4) is 0 Å². The predicted octanol–water partition coefficient (Wildman–Crippen LogP) is 2.89. The molecule has 15 heavy (non-hydrogen) atoms. The highest BCUT2D eigenvalue weighted by Crippen LogP contribution is 2.28. The summed E-state index contributed by atoms with van der Waals surface area (Å²) in [5.74, 6) is 1.04. The lowest BCUT2D eigenvalue weighted by Gasteiger charge is -2.32. The number of hydrogen-bond donors (Lipinski definition) is 1. The number of alkyl halides is 3. The van der Waals surface area contributed by atoms with Crippen LogP contribution in [-0.2, 0) is 4.84 Å². The van der Waals surface area contributed by atoms with Crippen molar-refractivity contribution < 1.29 is 18.0 Å². The average Bonchev–Trinajstić information content (AvgIpc) is 2.07. The molecule has 1 rings (SSSR count). The fourth-order valence-corrected chi connectivity index (χ4v) is 2.07. The van der Waals surface area contributed by atoms with Crippen molar-refractivity contribution in [3.8, 4) is 0 Å². The molecule has 90 valence electrons. The molecule has 5 heteroatoms.